The predicted octanol–water partition coefficient (Wildman–Crippen LogP) is 3.55. The summed E-state index contributed by atoms with van der Waals surface area (Å²) in [4.78, 5) is 4.95. The van der Waals surface area contributed by atoms with E-state index < -0.39 is 0 Å². The van der Waals surface area contributed by atoms with E-state index >= 15 is 0 Å². The van der Waals surface area contributed by atoms with Crippen LogP contribution in [0.3, 0.4) is 0 Å². The normalized spacial score (nSPS) is 13.0. The average Bonchev–Trinajstić information content (AvgIpc) is 2.91. The van der Waals surface area contributed by atoms with Gasteiger partial charge >= 0.3 is 0 Å². The molecule has 0 aliphatic heterocycles. The van der Waals surface area contributed by atoms with Gasteiger partial charge in [0.1, 0.15) is 11.6 Å². The number of ether oxygens (including phenoxy) is 1. The second-order valence-electron chi connectivity index (χ2n) is 5.08. The molecule has 0 saturated carbocycles. The molecule has 0 radical (unpaired) electrons. The first-order valence-corrected chi connectivity index (χ1v) is 8.03. The Kier molecular flexibility index (Phi) is 4.22. The highest BCUT2D eigenvalue weighted by Gasteiger charge is 2.18. The lowest BCUT2D eigenvalue weighted by molar-refractivity contribution is 0.292. The van der Waals surface area contributed by atoms with Gasteiger partial charge < -0.3 is 10.5 Å². The molecular formula is C16H15BrN2OS. The smallest absolute Gasteiger partial charge is 0.224 e. The van der Waals surface area contributed by atoms with Gasteiger partial charge in [-0.05, 0) is 48.6 Å². The van der Waals surface area contributed by atoms with Crippen LogP contribution < -0.4 is 10.5 Å². The van der Waals surface area contributed by atoms with Crippen LogP contribution in [0.25, 0.3) is 0 Å². The third-order valence-corrected chi connectivity index (χ3v) is 4.26. The van der Waals surface area contributed by atoms with Crippen molar-refractivity contribution in [2.75, 3.05) is 0 Å². The van der Waals surface area contributed by atoms with Gasteiger partial charge in [-0.2, -0.15) is 0 Å². The topological polar surface area (TPSA) is 48.1 Å². The van der Waals surface area contributed by atoms with Crippen LogP contribution in [0.5, 0.6) is 5.88 Å². The first kappa shape index (κ1) is 14.5. The quantitative estimate of drug-likeness (QED) is 0.844. The minimum Gasteiger partial charge on any atom is -0.472 e. The lowest BCUT2D eigenvalue weighted by Crippen LogP contribution is -2.14. The first-order valence-electron chi connectivity index (χ1n) is 6.83. The minimum absolute atomic E-state index is 0.335. The number of halogens is 1. The number of aryl methyl sites for hydroxylation is 2. The van der Waals surface area contributed by atoms with E-state index in [9.17, 15) is 0 Å². The monoisotopic (exact) mass is 362 g/mol. The van der Waals surface area contributed by atoms with E-state index in [0.29, 0.717) is 17.5 Å². The van der Waals surface area contributed by atoms with Gasteiger partial charge in [-0.15, -0.1) is 0 Å². The van der Waals surface area contributed by atoms with Gasteiger partial charge in [0, 0.05) is 10.2 Å². The third kappa shape index (κ3) is 3.24. The van der Waals surface area contributed by atoms with E-state index in [-0.39, 0.29) is 0 Å². The molecule has 3 nitrogen and oxygen atoms in total. The molecule has 0 unspecified atom stereocenters. The second kappa shape index (κ2) is 6.12. The van der Waals surface area contributed by atoms with Crippen molar-refractivity contribution in [2.24, 2.45) is 5.73 Å². The van der Waals surface area contributed by atoms with Crippen LogP contribution in [0.1, 0.15) is 28.8 Å². The van der Waals surface area contributed by atoms with Crippen molar-refractivity contribution in [1.29, 1.82) is 0 Å². The molecule has 0 bridgehead atoms. The minimum atomic E-state index is 0.335. The van der Waals surface area contributed by atoms with E-state index in [1.54, 1.807) is 0 Å². The summed E-state index contributed by atoms with van der Waals surface area (Å²) in [5, 5.41) is 0. The fourth-order valence-corrected chi connectivity index (χ4v) is 3.11. The summed E-state index contributed by atoms with van der Waals surface area (Å²) in [5.74, 6) is 0.545. The number of benzene rings is 1. The van der Waals surface area contributed by atoms with Crippen molar-refractivity contribution in [3.05, 3.63) is 57.2 Å². The van der Waals surface area contributed by atoms with E-state index in [2.05, 4.69) is 20.9 Å². The highest BCUT2D eigenvalue weighted by Crippen LogP contribution is 2.27. The van der Waals surface area contributed by atoms with Gasteiger partial charge in [0.05, 0.1) is 5.56 Å². The maximum absolute atomic E-state index is 5.87. The van der Waals surface area contributed by atoms with Gasteiger partial charge in [0.25, 0.3) is 0 Å². The van der Waals surface area contributed by atoms with Crippen molar-refractivity contribution in [2.45, 2.75) is 25.9 Å². The number of hydrogen-bond acceptors (Lipinski definition) is 3. The van der Waals surface area contributed by atoms with E-state index in [1.807, 2.05) is 30.3 Å². The Morgan fingerprint density at radius 1 is 1.33 bits per heavy atom. The average molecular weight is 363 g/mol. The fraction of sp³-hybridized carbons (Fsp3) is 0.250. The molecule has 2 N–H and O–H groups in total. The first-order chi connectivity index (χ1) is 10.1. The fourth-order valence-electron chi connectivity index (χ4n) is 2.52. The van der Waals surface area contributed by atoms with Crippen LogP contribution in [0.15, 0.2) is 34.8 Å². The molecule has 1 aliphatic rings. The Bertz CT molecular complexity index is 703. The van der Waals surface area contributed by atoms with Gasteiger partial charge in [0.15, 0.2) is 0 Å². The number of nitrogens with two attached hydrogens (primary N) is 1. The number of fused-ring (bicyclic) bond motifs is 1. The van der Waals surface area contributed by atoms with E-state index in [1.165, 1.54) is 5.56 Å². The van der Waals surface area contributed by atoms with Gasteiger partial charge in [-0.3, -0.25) is 0 Å². The van der Waals surface area contributed by atoms with Crippen LogP contribution >= 0.6 is 28.1 Å². The van der Waals surface area contributed by atoms with Gasteiger partial charge in [-0.1, -0.05) is 40.3 Å². The standard InChI is InChI=1S/C16H15BrN2OS/c17-12-5-1-3-10(7-12)9-20-16-13(15(18)21)8-11-4-2-6-14(11)19-16/h1,3,5,7-8H,2,4,6,9H2,(H2,18,21). The summed E-state index contributed by atoms with van der Waals surface area (Å²) in [5.41, 5.74) is 9.97. The summed E-state index contributed by atoms with van der Waals surface area (Å²) >= 11 is 8.58. The number of hydrogen-bond donors (Lipinski definition) is 1. The maximum atomic E-state index is 5.87. The highest BCUT2D eigenvalue weighted by molar-refractivity contribution is 9.10. The molecular weight excluding hydrogens is 348 g/mol. The zero-order chi connectivity index (χ0) is 14.8. The van der Waals surface area contributed by atoms with Crippen LogP contribution in [0.2, 0.25) is 0 Å². The SMILES string of the molecule is NC(=S)c1cc2c(nc1OCc1cccc(Br)c1)CCC2. The van der Waals surface area contributed by atoms with Crippen molar-refractivity contribution in [3.8, 4) is 5.88 Å². The number of nitrogens with zero attached hydrogens (tertiary/aromatic N) is 1. The largest absolute Gasteiger partial charge is 0.472 e. The zero-order valence-corrected chi connectivity index (χ0v) is 13.8. The molecule has 2 aromatic rings. The zero-order valence-electron chi connectivity index (χ0n) is 11.4. The van der Waals surface area contributed by atoms with Crippen molar-refractivity contribution in [3.63, 3.8) is 0 Å². The lowest BCUT2D eigenvalue weighted by atomic mass is 10.1. The maximum Gasteiger partial charge on any atom is 0.224 e. The molecule has 1 heterocycles. The molecule has 1 aromatic carbocycles. The summed E-state index contributed by atoms with van der Waals surface area (Å²) < 4.78 is 6.89. The molecule has 21 heavy (non-hydrogen) atoms. The van der Waals surface area contributed by atoms with Gasteiger partial charge in [0.2, 0.25) is 5.88 Å². The summed E-state index contributed by atoms with van der Waals surface area (Å²) in [6.07, 6.45) is 3.18. The Hall–Kier alpha value is -1.46. The Morgan fingerprint density at radius 3 is 2.95 bits per heavy atom. The molecule has 1 aliphatic carbocycles. The predicted molar refractivity (Wildman–Crippen MR) is 90.6 cm³/mol. The number of rotatable bonds is 4. The number of aromatic nitrogens is 1. The van der Waals surface area contributed by atoms with E-state index in [4.69, 9.17) is 22.7 Å². The molecule has 3 rings (SSSR count). The van der Waals surface area contributed by atoms with Crippen molar-refractivity contribution < 1.29 is 4.74 Å². The van der Waals surface area contributed by atoms with Crippen molar-refractivity contribution >= 4 is 33.1 Å². The number of thiocarbonyl (C=S) groups is 1. The molecule has 108 valence electrons. The number of pyridine rings is 1. The van der Waals surface area contributed by atoms with Crippen LogP contribution in [-0.4, -0.2) is 9.97 Å². The molecule has 5 heteroatoms. The van der Waals surface area contributed by atoms with Crippen molar-refractivity contribution in [1.82, 2.24) is 4.98 Å². The Labute approximate surface area is 137 Å². The molecule has 0 fully saturated rings. The summed E-state index contributed by atoms with van der Waals surface area (Å²) in [6, 6.07) is 10.0. The molecule has 0 amide bonds. The summed E-state index contributed by atoms with van der Waals surface area (Å²) in [7, 11) is 0. The Balaban J connectivity index is 1.86. The Morgan fingerprint density at radius 2 is 2.19 bits per heavy atom. The molecule has 0 saturated heterocycles. The van der Waals surface area contributed by atoms with Crippen LogP contribution in [-0.2, 0) is 19.4 Å². The lowest BCUT2D eigenvalue weighted by Gasteiger charge is -2.12. The third-order valence-electron chi connectivity index (χ3n) is 3.55. The molecule has 0 atom stereocenters. The molecule has 0 spiro atoms. The van der Waals surface area contributed by atoms with Gasteiger partial charge in [-0.25, -0.2) is 4.98 Å². The molecule has 1 aromatic heterocycles. The van der Waals surface area contributed by atoms with Crippen LogP contribution in [0.4, 0.5) is 0 Å². The highest BCUT2D eigenvalue weighted by atomic mass is 79.9. The second-order valence-corrected chi connectivity index (χ2v) is 6.44. The summed E-state index contributed by atoms with van der Waals surface area (Å²) in [6.45, 7) is 0.445. The van der Waals surface area contributed by atoms with E-state index in [0.717, 1.165) is 40.6 Å². The van der Waals surface area contributed by atoms with Crippen LogP contribution in [0, 0.1) is 0 Å².